The van der Waals surface area contributed by atoms with Crippen LogP contribution in [0.4, 0.5) is 4.39 Å². The zero-order valence-corrected chi connectivity index (χ0v) is 10.1. The molecule has 0 unspecified atom stereocenters. The highest BCUT2D eigenvalue weighted by molar-refractivity contribution is 7.15. The minimum Gasteiger partial charge on any atom is -0.476 e. The molecule has 17 heavy (non-hydrogen) atoms. The summed E-state index contributed by atoms with van der Waals surface area (Å²) in [6.45, 7) is 3.39. The van der Waals surface area contributed by atoms with E-state index in [9.17, 15) is 9.18 Å². The van der Waals surface area contributed by atoms with Gasteiger partial charge in [-0.1, -0.05) is 12.1 Å². The van der Waals surface area contributed by atoms with E-state index in [1.165, 1.54) is 17.4 Å². The maximum atomic E-state index is 13.4. The molecule has 0 aliphatic heterocycles. The second kappa shape index (κ2) is 4.25. The van der Waals surface area contributed by atoms with Gasteiger partial charge < -0.3 is 5.11 Å². The van der Waals surface area contributed by atoms with Gasteiger partial charge in [0.25, 0.3) is 0 Å². The summed E-state index contributed by atoms with van der Waals surface area (Å²) >= 11 is 1.25. The molecule has 1 N–H and O–H groups in total. The summed E-state index contributed by atoms with van der Waals surface area (Å²) in [6, 6.07) is 4.68. The average molecular weight is 251 g/mol. The van der Waals surface area contributed by atoms with Crippen molar-refractivity contribution in [2.75, 3.05) is 0 Å². The van der Waals surface area contributed by atoms with Gasteiger partial charge in [-0.3, -0.25) is 0 Å². The highest BCUT2D eigenvalue weighted by Gasteiger charge is 2.17. The predicted molar refractivity (Wildman–Crippen MR) is 63.9 cm³/mol. The number of carboxylic acid groups (broad SMARTS) is 1. The number of hydrogen-bond donors (Lipinski definition) is 1. The topological polar surface area (TPSA) is 50.2 Å². The quantitative estimate of drug-likeness (QED) is 0.891. The second-order valence-corrected chi connectivity index (χ2v) is 4.88. The van der Waals surface area contributed by atoms with Gasteiger partial charge in [-0.2, -0.15) is 0 Å². The van der Waals surface area contributed by atoms with Gasteiger partial charge >= 0.3 is 5.97 Å². The van der Waals surface area contributed by atoms with Crippen molar-refractivity contribution in [1.29, 1.82) is 0 Å². The van der Waals surface area contributed by atoms with E-state index >= 15 is 0 Å². The van der Waals surface area contributed by atoms with Gasteiger partial charge in [-0.05, 0) is 31.0 Å². The largest absolute Gasteiger partial charge is 0.476 e. The first-order valence-electron chi connectivity index (χ1n) is 4.96. The molecule has 5 heteroatoms. The molecule has 0 bridgehead atoms. The Bertz CT molecular complexity index is 592. The molecule has 2 rings (SSSR count). The molecule has 2 aromatic rings. The fourth-order valence-electron chi connectivity index (χ4n) is 1.50. The number of halogens is 1. The summed E-state index contributed by atoms with van der Waals surface area (Å²) in [4.78, 5) is 15.4. The fraction of sp³-hybridized carbons (Fsp3) is 0.167. The summed E-state index contributed by atoms with van der Waals surface area (Å²) in [7, 11) is 0. The summed E-state index contributed by atoms with van der Waals surface area (Å²) in [5.41, 5.74) is 1.07. The van der Waals surface area contributed by atoms with Crippen LogP contribution >= 0.6 is 11.3 Å². The summed E-state index contributed by atoms with van der Waals surface area (Å²) in [6.07, 6.45) is 0. The number of rotatable bonds is 2. The molecule has 0 saturated carbocycles. The van der Waals surface area contributed by atoms with Crippen LogP contribution in [0.25, 0.3) is 10.4 Å². The average Bonchev–Trinajstić information content (AvgIpc) is 2.64. The molecule has 1 heterocycles. The zero-order valence-electron chi connectivity index (χ0n) is 9.32. The second-order valence-electron chi connectivity index (χ2n) is 3.68. The molecular formula is C12H10FNO2S. The molecule has 0 aliphatic rings. The summed E-state index contributed by atoms with van der Waals surface area (Å²) in [5.74, 6) is -1.43. The monoisotopic (exact) mass is 251 g/mol. The molecule has 1 aromatic carbocycles. The number of aryl methyl sites for hydroxylation is 2. The molecule has 88 valence electrons. The van der Waals surface area contributed by atoms with Crippen LogP contribution in [-0.2, 0) is 0 Å². The van der Waals surface area contributed by atoms with E-state index in [4.69, 9.17) is 5.11 Å². The third-order valence-electron chi connectivity index (χ3n) is 2.37. The number of carbonyl (C=O) groups is 1. The number of aromatic carboxylic acids is 1. The van der Waals surface area contributed by atoms with Crippen LogP contribution in [0.1, 0.15) is 21.1 Å². The van der Waals surface area contributed by atoms with Crippen LogP contribution in [0.15, 0.2) is 18.2 Å². The van der Waals surface area contributed by atoms with Gasteiger partial charge in [-0.15, -0.1) is 11.3 Å². The molecule has 0 spiro atoms. The Hall–Kier alpha value is -1.75. The molecule has 0 amide bonds. The van der Waals surface area contributed by atoms with Crippen molar-refractivity contribution in [3.8, 4) is 10.4 Å². The van der Waals surface area contributed by atoms with E-state index in [1.54, 1.807) is 26.0 Å². The van der Waals surface area contributed by atoms with Gasteiger partial charge in [0.05, 0.1) is 9.88 Å². The first kappa shape index (κ1) is 11.7. The number of nitrogens with zero attached hydrogens (tertiary/aromatic N) is 1. The maximum Gasteiger partial charge on any atom is 0.356 e. The smallest absolute Gasteiger partial charge is 0.356 e. The lowest BCUT2D eigenvalue weighted by Gasteiger charge is -2.01. The van der Waals surface area contributed by atoms with Crippen molar-refractivity contribution in [1.82, 2.24) is 4.98 Å². The molecule has 0 fully saturated rings. The van der Waals surface area contributed by atoms with Crippen molar-refractivity contribution in [3.63, 3.8) is 0 Å². The van der Waals surface area contributed by atoms with Gasteiger partial charge in [-0.25, -0.2) is 14.2 Å². The lowest BCUT2D eigenvalue weighted by Crippen LogP contribution is -1.99. The van der Waals surface area contributed by atoms with Crippen LogP contribution in [0.3, 0.4) is 0 Å². The highest BCUT2D eigenvalue weighted by Crippen LogP contribution is 2.31. The number of hydrogen-bond acceptors (Lipinski definition) is 3. The first-order chi connectivity index (χ1) is 7.99. The van der Waals surface area contributed by atoms with Gasteiger partial charge in [0.15, 0.2) is 5.69 Å². The van der Waals surface area contributed by atoms with E-state index in [0.717, 1.165) is 0 Å². The number of thiazole rings is 1. The standard InChI is InChI=1S/C12H10FNO2S/c1-6-3-4-8(5-9(6)13)11-10(12(15)16)14-7(2)17-11/h3-5H,1-2H3,(H,15,16). The highest BCUT2D eigenvalue weighted by atomic mass is 32.1. The third kappa shape index (κ3) is 2.19. The lowest BCUT2D eigenvalue weighted by molar-refractivity contribution is 0.0692. The predicted octanol–water partition coefficient (Wildman–Crippen LogP) is 3.26. The minimum absolute atomic E-state index is 0.0178. The number of aromatic nitrogens is 1. The van der Waals surface area contributed by atoms with E-state index in [-0.39, 0.29) is 11.5 Å². The van der Waals surface area contributed by atoms with Crippen molar-refractivity contribution in [2.45, 2.75) is 13.8 Å². The Balaban J connectivity index is 2.59. The molecule has 0 aliphatic carbocycles. The molecule has 0 saturated heterocycles. The van der Waals surface area contributed by atoms with E-state index in [2.05, 4.69) is 4.98 Å². The Morgan fingerprint density at radius 1 is 1.41 bits per heavy atom. The van der Waals surface area contributed by atoms with Crippen molar-refractivity contribution in [2.24, 2.45) is 0 Å². The van der Waals surface area contributed by atoms with Gasteiger partial charge in [0, 0.05) is 0 Å². The SMILES string of the molecule is Cc1nc(C(=O)O)c(-c2ccc(C)c(F)c2)s1. The van der Waals surface area contributed by atoms with Gasteiger partial charge in [0.1, 0.15) is 5.82 Å². The normalized spacial score (nSPS) is 10.5. The molecule has 3 nitrogen and oxygen atoms in total. The Kier molecular flexibility index (Phi) is 2.93. The molecule has 1 aromatic heterocycles. The summed E-state index contributed by atoms with van der Waals surface area (Å²) in [5, 5.41) is 9.67. The van der Waals surface area contributed by atoms with Gasteiger partial charge in [0.2, 0.25) is 0 Å². The Morgan fingerprint density at radius 3 is 2.71 bits per heavy atom. The van der Waals surface area contributed by atoms with Crippen LogP contribution < -0.4 is 0 Å². The molecule has 0 radical (unpaired) electrons. The number of benzene rings is 1. The van der Waals surface area contributed by atoms with Crippen LogP contribution in [0.2, 0.25) is 0 Å². The van der Waals surface area contributed by atoms with E-state index in [0.29, 0.717) is 21.0 Å². The zero-order chi connectivity index (χ0) is 12.6. The first-order valence-corrected chi connectivity index (χ1v) is 5.78. The van der Waals surface area contributed by atoms with Crippen molar-refractivity contribution in [3.05, 3.63) is 40.3 Å². The van der Waals surface area contributed by atoms with Crippen molar-refractivity contribution >= 4 is 17.3 Å². The fourth-order valence-corrected chi connectivity index (χ4v) is 2.41. The maximum absolute atomic E-state index is 13.4. The third-order valence-corrected chi connectivity index (χ3v) is 3.39. The lowest BCUT2D eigenvalue weighted by atomic mass is 10.1. The Morgan fingerprint density at radius 2 is 2.12 bits per heavy atom. The van der Waals surface area contributed by atoms with Crippen LogP contribution in [0.5, 0.6) is 0 Å². The molecular weight excluding hydrogens is 241 g/mol. The van der Waals surface area contributed by atoms with E-state index in [1.807, 2.05) is 0 Å². The number of carboxylic acids is 1. The molecule has 0 atom stereocenters. The van der Waals surface area contributed by atoms with E-state index < -0.39 is 5.97 Å². The van der Waals surface area contributed by atoms with Crippen molar-refractivity contribution < 1.29 is 14.3 Å². The summed E-state index contributed by atoms with van der Waals surface area (Å²) < 4.78 is 13.4. The van der Waals surface area contributed by atoms with Crippen LogP contribution in [0, 0.1) is 19.7 Å². The minimum atomic E-state index is -1.09. The van der Waals surface area contributed by atoms with Crippen LogP contribution in [-0.4, -0.2) is 16.1 Å². The Labute approximate surface area is 102 Å².